The number of nitrogen functional groups attached to an aromatic ring is 1. The van der Waals surface area contributed by atoms with Gasteiger partial charge in [0.2, 0.25) is 0 Å². The summed E-state index contributed by atoms with van der Waals surface area (Å²) in [5.74, 6) is 0.305. The molecule has 0 saturated carbocycles. The van der Waals surface area contributed by atoms with Crippen LogP contribution in [0.3, 0.4) is 0 Å². The second-order valence-corrected chi connectivity index (χ2v) is 5.05. The Bertz CT molecular complexity index is 670. The number of benzene rings is 1. The van der Waals surface area contributed by atoms with Crippen LogP contribution in [0.15, 0.2) is 27.4 Å². The average molecular weight is 258 g/mol. The Hall–Kier alpha value is -1.81. The summed E-state index contributed by atoms with van der Waals surface area (Å²) in [7, 11) is 0. The highest BCUT2D eigenvalue weighted by molar-refractivity contribution is 5.88. The van der Waals surface area contributed by atoms with Gasteiger partial charge in [0.15, 0.2) is 0 Å². The Morgan fingerprint density at radius 1 is 1.47 bits per heavy atom. The van der Waals surface area contributed by atoms with Crippen molar-refractivity contribution in [3.63, 3.8) is 0 Å². The predicted octanol–water partition coefficient (Wildman–Crippen LogP) is 2.01. The predicted molar refractivity (Wildman–Crippen MR) is 76.5 cm³/mol. The third kappa shape index (κ3) is 1.92. The summed E-state index contributed by atoms with van der Waals surface area (Å²) < 4.78 is 5.33. The molecule has 0 spiro atoms. The van der Waals surface area contributed by atoms with E-state index in [4.69, 9.17) is 10.2 Å². The number of nitrogens with two attached hydrogens (primary N) is 1. The van der Waals surface area contributed by atoms with Crippen molar-refractivity contribution in [3.05, 3.63) is 39.7 Å². The molecule has 1 atom stereocenters. The number of hydrogen-bond acceptors (Lipinski definition) is 4. The van der Waals surface area contributed by atoms with Crippen molar-refractivity contribution in [2.24, 2.45) is 0 Å². The third-order valence-electron chi connectivity index (χ3n) is 3.94. The minimum Gasteiger partial charge on any atom is -0.421 e. The van der Waals surface area contributed by atoms with Gasteiger partial charge in [-0.3, -0.25) is 0 Å². The van der Waals surface area contributed by atoms with Gasteiger partial charge in [0, 0.05) is 17.8 Å². The molecule has 0 amide bonds. The maximum absolute atomic E-state index is 11.9. The van der Waals surface area contributed by atoms with E-state index in [1.807, 2.05) is 12.1 Å². The summed E-state index contributed by atoms with van der Waals surface area (Å²) in [5.41, 5.74) is 8.71. The number of anilines is 1. The van der Waals surface area contributed by atoms with E-state index < -0.39 is 5.63 Å². The van der Waals surface area contributed by atoms with Gasteiger partial charge in [-0.25, -0.2) is 4.79 Å². The first-order chi connectivity index (χ1) is 9.22. The lowest BCUT2D eigenvalue weighted by atomic mass is 9.91. The molecule has 1 aromatic carbocycles. The van der Waals surface area contributed by atoms with E-state index in [1.165, 1.54) is 5.56 Å². The molecule has 4 heteroatoms. The summed E-state index contributed by atoms with van der Waals surface area (Å²) in [4.78, 5) is 11.9. The first-order valence-electron chi connectivity index (χ1n) is 6.77. The van der Waals surface area contributed by atoms with Crippen LogP contribution in [0.4, 0.5) is 5.69 Å². The number of fused-ring (bicyclic) bond motifs is 1. The third-order valence-corrected chi connectivity index (χ3v) is 3.94. The van der Waals surface area contributed by atoms with Crippen molar-refractivity contribution < 1.29 is 4.42 Å². The van der Waals surface area contributed by atoms with Crippen LogP contribution < -0.4 is 16.7 Å². The quantitative estimate of drug-likeness (QED) is 0.809. The molecule has 1 aliphatic rings. The second kappa shape index (κ2) is 4.70. The van der Waals surface area contributed by atoms with Crippen molar-refractivity contribution in [1.29, 1.82) is 0 Å². The van der Waals surface area contributed by atoms with Crippen LogP contribution in [0.5, 0.6) is 0 Å². The zero-order valence-electron chi connectivity index (χ0n) is 11.0. The molecule has 3 N–H and O–H groups in total. The van der Waals surface area contributed by atoms with Crippen molar-refractivity contribution in [1.82, 2.24) is 5.32 Å². The Balaban J connectivity index is 2.38. The molecule has 2 aromatic rings. The maximum atomic E-state index is 11.9. The van der Waals surface area contributed by atoms with E-state index >= 15 is 0 Å². The van der Waals surface area contributed by atoms with Gasteiger partial charge in [-0.15, -0.1) is 0 Å². The van der Waals surface area contributed by atoms with Crippen LogP contribution in [-0.4, -0.2) is 13.1 Å². The van der Waals surface area contributed by atoms with Gasteiger partial charge >= 0.3 is 5.63 Å². The molecule has 0 aliphatic carbocycles. The molecule has 0 bridgehead atoms. The van der Waals surface area contributed by atoms with Gasteiger partial charge in [-0.1, -0.05) is 19.1 Å². The summed E-state index contributed by atoms with van der Waals surface area (Å²) in [6, 6.07) is 5.85. The summed E-state index contributed by atoms with van der Waals surface area (Å²) in [6.07, 6.45) is 1.92. The molecule has 1 unspecified atom stereocenters. The monoisotopic (exact) mass is 258 g/mol. The van der Waals surface area contributed by atoms with E-state index in [9.17, 15) is 4.79 Å². The van der Waals surface area contributed by atoms with Crippen molar-refractivity contribution in [2.45, 2.75) is 25.7 Å². The van der Waals surface area contributed by atoms with Gasteiger partial charge in [-0.2, -0.15) is 0 Å². The SMILES string of the molecule is CCc1cccc2oc(=O)c(N)c(C3CCNC3)c12. The van der Waals surface area contributed by atoms with E-state index in [1.54, 1.807) is 0 Å². The van der Waals surface area contributed by atoms with Gasteiger partial charge in [0.1, 0.15) is 11.3 Å². The molecule has 100 valence electrons. The fourth-order valence-corrected chi connectivity index (χ4v) is 2.99. The topological polar surface area (TPSA) is 68.3 Å². The lowest BCUT2D eigenvalue weighted by molar-refractivity contribution is 0.559. The molecule has 2 heterocycles. The van der Waals surface area contributed by atoms with Crippen LogP contribution in [0.2, 0.25) is 0 Å². The Morgan fingerprint density at radius 2 is 2.32 bits per heavy atom. The number of nitrogens with one attached hydrogen (secondary N) is 1. The standard InChI is InChI=1S/C15H18N2O2/c1-2-9-4-3-5-11-12(9)13(10-6-7-17-8-10)14(16)15(18)19-11/h3-5,10,17H,2,6-8,16H2,1H3. The number of hydrogen-bond donors (Lipinski definition) is 2. The highest BCUT2D eigenvalue weighted by Gasteiger charge is 2.24. The minimum absolute atomic E-state index is 0.280. The molecular formula is C15H18N2O2. The normalized spacial score (nSPS) is 19.1. The smallest absolute Gasteiger partial charge is 0.359 e. The lowest BCUT2D eigenvalue weighted by Crippen LogP contribution is -2.16. The van der Waals surface area contributed by atoms with Crippen LogP contribution in [0, 0.1) is 0 Å². The van der Waals surface area contributed by atoms with Gasteiger partial charge < -0.3 is 15.5 Å². The minimum atomic E-state index is -0.414. The molecule has 1 saturated heterocycles. The Morgan fingerprint density at radius 3 is 3.00 bits per heavy atom. The molecule has 19 heavy (non-hydrogen) atoms. The molecule has 0 radical (unpaired) electrons. The highest BCUT2D eigenvalue weighted by atomic mass is 16.4. The van der Waals surface area contributed by atoms with Crippen molar-refractivity contribution >= 4 is 16.7 Å². The van der Waals surface area contributed by atoms with Crippen LogP contribution in [0.1, 0.15) is 30.4 Å². The number of rotatable bonds is 2. The zero-order valence-corrected chi connectivity index (χ0v) is 11.0. The van der Waals surface area contributed by atoms with Crippen molar-refractivity contribution in [3.8, 4) is 0 Å². The van der Waals surface area contributed by atoms with E-state index in [2.05, 4.69) is 18.3 Å². The van der Waals surface area contributed by atoms with Crippen LogP contribution in [0.25, 0.3) is 11.0 Å². The summed E-state index contributed by atoms with van der Waals surface area (Å²) in [5, 5.41) is 4.37. The summed E-state index contributed by atoms with van der Waals surface area (Å²) >= 11 is 0. The lowest BCUT2D eigenvalue weighted by Gasteiger charge is -2.16. The van der Waals surface area contributed by atoms with Gasteiger partial charge in [0.05, 0.1) is 0 Å². The van der Waals surface area contributed by atoms with Crippen molar-refractivity contribution in [2.75, 3.05) is 18.8 Å². The Kier molecular flexibility index (Phi) is 3.03. The van der Waals surface area contributed by atoms with Gasteiger partial charge in [-0.05, 0) is 36.6 Å². The molecule has 4 nitrogen and oxygen atoms in total. The van der Waals surface area contributed by atoms with Crippen LogP contribution in [-0.2, 0) is 6.42 Å². The highest BCUT2D eigenvalue weighted by Crippen LogP contribution is 2.34. The second-order valence-electron chi connectivity index (χ2n) is 5.05. The summed E-state index contributed by atoms with van der Waals surface area (Å²) in [6.45, 7) is 3.95. The van der Waals surface area contributed by atoms with E-state index in [-0.39, 0.29) is 5.69 Å². The van der Waals surface area contributed by atoms with E-state index in [0.717, 1.165) is 36.9 Å². The van der Waals surface area contributed by atoms with Gasteiger partial charge in [0.25, 0.3) is 0 Å². The Labute approximate surface area is 111 Å². The average Bonchev–Trinajstić information content (AvgIpc) is 2.93. The molecule has 1 aliphatic heterocycles. The maximum Gasteiger partial charge on any atom is 0.359 e. The fourth-order valence-electron chi connectivity index (χ4n) is 2.99. The molecule has 3 rings (SSSR count). The molecule has 1 aromatic heterocycles. The van der Waals surface area contributed by atoms with E-state index in [0.29, 0.717) is 11.5 Å². The first kappa shape index (κ1) is 12.2. The first-order valence-corrected chi connectivity index (χ1v) is 6.77. The fraction of sp³-hybridized carbons (Fsp3) is 0.400. The largest absolute Gasteiger partial charge is 0.421 e. The molecule has 1 fully saturated rings. The molecular weight excluding hydrogens is 240 g/mol. The number of aryl methyl sites for hydroxylation is 1. The zero-order chi connectivity index (χ0) is 13.4. The van der Waals surface area contributed by atoms with Crippen LogP contribution >= 0.6 is 0 Å².